The molecular formula is C24H21ClFN3O2. The number of hydrogen-bond donors (Lipinski definition) is 1. The van der Waals surface area contributed by atoms with Gasteiger partial charge in [-0.2, -0.15) is 0 Å². The van der Waals surface area contributed by atoms with Crippen LogP contribution in [0.25, 0.3) is 5.76 Å². The molecule has 3 rings (SSSR count). The van der Waals surface area contributed by atoms with E-state index in [9.17, 15) is 9.18 Å². The van der Waals surface area contributed by atoms with Gasteiger partial charge in [0, 0.05) is 40.0 Å². The second-order valence-electron chi connectivity index (χ2n) is 6.65. The minimum Gasteiger partial charge on any atom is -0.457 e. The van der Waals surface area contributed by atoms with Crippen molar-refractivity contribution < 1.29 is 13.9 Å². The van der Waals surface area contributed by atoms with Crippen molar-refractivity contribution in [1.82, 2.24) is 10.3 Å². The first-order chi connectivity index (χ1) is 14.9. The van der Waals surface area contributed by atoms with Crippen molar-refractivity contribution in [2.75, 3.05) is 0 Å². The normalized spacial score (nSPS) is 11.2. The third-order valence-electron chi connectivity index (χ3n) is 4.70. The highest BCUT2D eigenvalue weighted by molar-refractivity contribution is 6.30. The van der Waals surface area contributed by atoms with Gasteiger partial charge in [-0.05, 0) is 63.0 Å². The molecule has 0 saturated heterocycles. The Morgan fingerprint density at radius 2 is 2.10 bits per heavy atom. The van der Waals surface area contributed by atoms with Crippen LogP contribution in [-0.2, 0) is 6.54 Å². The molecular weight excluding hydrogens is 417 g/mol. The zero-order valence-corrected chi connectivity index (χ0v) is 17.9. The summed E-state index contributed by atoms with van der Waals surface area (Å²) in [5, 5.41) is 3.28. The molecule has 1 N–H and O–H groups in total. The molecule has 2 aromatic carbocycles. The molecule has 1 amide bonds. The Hall–Kier alpha value is -3.51. The van der Waals surface area contributed by atoms with Crippen molar-refractivity contribution in [3.8, 4) is 5.75 Å². The summed E-state index contributed by atoms with van der Waals surface area (Å²) in [4.78, 5) is 20.4. The van der Waals surface area contributed by atoms with Gasteiger partial charge in [-0.3, -0.25) is 14.8 Å². The smallest absolute Gasteiger partial charge is 0.251 e. The maximum Gasteiger partial charge on any atom is 0.251 e. The number of aliphatic imine (C=N–C) groups is 1. The summed E-state index contributed by atoms with van der Waals surface area (Å²) in [5.41, 5.74) is 2.75. The molecule has 31 heavy (non-hydrogen) atoms. The lowest BCUT2D eigenvalue weighted by Gasteiger charge is -2.16. The standard InChI is InChI=1S/C24H21ClFN3O2/c1-4-22(19-9-8-17(25)12-21(19)27-3)31-23-7-5-6-18(15(23)2)24(30)29-13-16-10-11-28-14-20(16)26/h4-12,14H,3,13H2,1-2H3,(H,29,30)/b22-4+. The van der Waals surface area contributed by atoms with E-state index in [-0.39, 0.29) is 12.5 Å². The number of halogens is 2. The number of pyridine rings is 1. The Labute approximate surface area is 185 Å². The second kappa shape index (κ2) is 10.00. The number of carbonyl (C=O) groups excluding carboxylic acids is 1. The second-order valence-corrected chi connectivity index (χ2v) is 7.09. The fourth-order valence-corrected chi connectivity index (χ4v) is 3.19. The average molecular weight is 438 g/mol. The molecule has 0 aliphatic heterocycles. The summed E-state index contributed by atoms with van der Waals surface area (Å²) in [5.74, 6) is 0.268. The molecule has 0 atom stereocenters. The zero-order valence-electron chi connectivity index (χ0n) is 17.2. The van der Waals surface area contributed by atoms with E-state index in [1.165, 1.54) is 12.3 Å². The molecule has 3 aromatic rings. The molecule has 0 radical (unpaired) electrons. The van der Waals surface area contributed by atoms with Crippen molar-refractivity contribution >= 4 is 35.7 Å². The number of nitrogens with zero attached hydrogens (tertiary/aromatic N) is 2. The van der Waals surface area contributed by atoms with Gasteiger partial charge in [0.05, 0.1) is 11.9 Å². The highest BCUT2D eigenvalue weighted by Gasteiger charge is 2.16. The molecule has 158 valence electrons. The van der Waals surface area contributed by atoms with Crippen molar-refractivity contribution in [2.24, 2.45) is 4.99 Å². The number of hydrogen-bond acceptors (Lipinski definition) is 4. The minimum absolute atomic E-state index is 0.0525. The van der Waals surface area contributed by atoms with Gasteiger partial charge >= 0.3 is 0 Å². The first kappa shape index (κ1) is 22.2. The number of amides is 1. The fraction of sp³-hybridized carbons (Fsp3) is 0.125. The maximum absolute atomic E-state index is 13.8. The van der Waals surface area contributed by atoms with Gasteiger partial charge in [0.2, 0.25) is 0 Å². The number of ether oxygens (including phenoxy) is 1. The van der Waals surface area contributed by atoms with Crippen LogP contribution in [-0.4, -0.2) is 17.6 Å². The number of benzene rings is 2. The van der Waals surface area contributed by atoms with Crippen molar-refractivity contribution in [1.29, 1.82) is 0 Å². The molecule has 0 fully saturated rings. The Balaban J connectivity index is 1.82. The largest absolute Gasteiger partial charge is 0.457 e. The van der Waals surface area contributed by atoms with Gasteiger partial charge in [0.1, 0.15) is 17.3 Å². The number of aromatic nitrogens is 1. The summed E-state index contributed by atoms with van der Waals surface area (Å²) in [6.07, 6.45) is 4.39. The molecule has 0 aliphatic carbocycles. The van der Waals surface area contributed by atoms with Crippen LogP contribution in [0.4, 0.5) is 10.1 Å². The molecule has 0 saturated carbocycles. The SMILES string of the molecule is C=Nc1cc(Cl)ccc1/C(=C\C)Oc1cccc(C(=O)NCc2ccncc2F)c1C. The zero-order chi connectivity index (χ0) is 22.4. The number of allylic oxidation sites excluding steroid dienone is 1. The quantitative estimate of drug-likeness (QED) is 0.370. The third-order valence-corrected chi connectivity index (χ3v) is 4.94. The Bertz CT molecular complexity index is 1160. The Morgan fingerprint density at radius 3 is 2.81 bits per heavy atom. The van der Waals surface area contributed by atoms with Crippen LogP contribution in [0.15, 0.2) is 65.9 Å². The first-order valence-electron chi connectivity index (χ1n) is 9.51. The van der Waals surface area contributed by atoms with E-state index in [2.05, 4.69) is 22.0 Å². The van der Waals surface area contributed by atoms with Crippen LogP contribution in [0.5, 0.6) is 5.75 Å². The highest BCUT2D eigenvalue weighted by atomic mass is 35.5. The van der Waals surface area contributed by atoms with Crippen LogP contribution in [0, 0.1) is 12.7 Å². The highest BCUT2D eigenvalue weighted by Crippen LogP contribution is 2.32. The van der Waals surface area contributed by atoms with Crippen LogP contribution in [0.3, 0.4) is 0 Å². The number of rotatable bonds is 7. The van der Waals surface area contributed by atoms with E-state index in [4.69, 9.17) is 16.3 Å². The average Bonchev–Trinajstić information content (AvgIpc) is 2.78. The third kappa shape index (κ3) is 5.16. The monoisotopic (exact) mass is 437 g/mol. The lowest BCUT2D eigenvalue weighted by molar-refractivity contribution is 0.0949. The first-order valence-corrected chi connectivity index (χ1v) is 9.89. The predicted molar refractivity (Wildman–Crippen MR) is 121 cm³/mol. The summed E-state index contributed by atoms with van der Waals surface area (Å²) in [6.45, 7) is 7.27. The molecule has 0 aliphatic rings. The van der Waals surface area contributed by atoms with Crippen LogP contribution in [0.1, 0.15) is 34.0 Å². The van der Waals surface area contributed by atoms with Crippen LogP contribution >= 0.6 is 11.6 Å². The van der Waals surface area contributed by atoms with E-state index in [0.717, 1.165) is 11.8 Å². The summed E-state index contributed by atoms with van der Waals surface area (Å²) < 4.78 is 19.9. The maximum atomic E-state index is 13.8. The molecule has 0 bridgehead atoms. The van der Waals surface area contributed by atoms with E-state index in [1.54, 1.807) is 49.4 Å². The van der Waals surface area contributed by atoms with E-state index in [1.807, 2.05) is 6.92 Å². The summed E-state index contributed by atoms with van der Waals surface area (Å²) in [7, 11) is 0. The van der Waals surface area contributed by atoms with Gasteiger partial charge in [-0.1, -0.05) is 17.7 Å². The van der Waals surface area contributed by atoms with Gasteiger partial charge in [0.15, 0.2) is 0 Å². The Morgan fingerprint density at radius 1 is 1.29 bits per heavy atom. The van der Waals surface area contributed by atoms with Crippen LogP contribution < -0.4 is 10.1 Å². The van der Waals surface area contributed by atoms with E-state index < -0.39 is 5.82 Å². The number of nitrogens with one attached hydrogen (secondary N) is 1. The molecule has 0 spiro atoms. The van der Waals surface area contributed by atoms with Crippen molar-refractivity contribution in [2.45, 2.75) is 20.4 Å². The van der Waals surface area contributed by atoms with Gasteiger partial charge < -0.3 is 10.1 Å². The minimum atomic E-state index is -0.469. The lowest BCUT2D eigenvalue weighted by atomic mass is 10.1. The topological polar surface area (TPSA) is 63.6 Å². The van der Waals surface area contributed by atoms with Gasteiger partial charge in [0.25, 0.3) is 5.91 Å². The van der Waals surface area contributed by atoms with Gasteiger partial charge in [-0.25, -0.2) is 4.39 Å². The molecule has 7 heteroatoms. The van der Waals surface area contributed by atoms with E-state index in [0.29, 0.717) is 38.9 Å². The molecule has 1 heterocycles. The molecule has 5 nitrogen and oxygen atoms in total. The lowest BCUT2D eigenvalue weighted by Crippen LogP contribution is -2.24. The van der Waals surface area contributed by atoms with Crippen LogP contribution in [0.2, 0.25) is 5.02 Å². The fourth-order valence-electron chi connectivity index (χ4n) is 3.02. The Kier molecular flexibility index (Phi) is 7.15. The molecule has 1 aromatic heterocycles. The summed E-state index contributed by atoms with van der Waals surface area (Å²) in [6, 6.07) is 12.0. The van der Waals surface area contributed by atoms with Crippen molar-refractivity contribution in [3.63, 3.8) is 0 Å². The van der Waals surface area contributed by atoms with Gasteiger partial charge in [-0.15, -0.1) is 0 Å². The summed E-state index contributed by atoms with van der Waals surface area (Å²) >= 11 is 6.05. The molecule has 0 unspecified atom stereocenters. The predicted octanol–water partition coefficient (Wildman–Crippen LogP) is 5.88. The number of carbonyl (C=O) groups is 1. The van der Waals surface area contributed by atoms with Crippen molar-refractivity contribution in [3.05, 3.63) is 94.0 Å². The van der Waals surface area contributed by atoms with E-state index >= 15 is 0 Å².